The fourth-order valence-electron chi connectivity index (χ4n) is 2.23. The first-order valence-electron chi connectivity index (χ1n) is 7.92. The summed E-state index contributed by atoms with van der Waals surface area (Å²) in [5, 5.41) is 10.7. The van der Waals surface area contributed by atoms with Gasteiger partial charge in [0.05, 0.1) is 0 Å². The van der Waals surface area contributed by atoms with Crippen molar-refractivity contribution in [3.05, 3.63) is 47.2 Å². The van der Waals surface area contributed by atoms with Crippen LogP contribution in [0.1, 0.15) is 49.7 Å². The summed E-state index contributed by atoms with van der Waals surface area (Å²) >= 11 is 0. The minimum Gasteiger partial charge on any atom is -0.422 e. The van der Waals surface area contributed by atoms with E-state index in [2.05, 4.69) is 15.5 Å². The van der Waals surface area contributed by atoms with Crippen molar-refractivity contribution < 1.29 is 14.0 Å². The first-order valence-corrected chi connectivity index (χ1v) is 7.92. The third kappa shape index (κ3) is 4.42. The molecule has 5 N–H and O–H groups in total. The third-order valence-corrected chi connectivity index (χ3v) is 3.97. The molecule has 1 atom stereocenters. The molecule has 0 bridgehead atoms. The molecule has 0 saturated heterocycles. The Morgan fingerprint density at radius 3 is 2.32 bits per heavy atom. The highest BCUT2D eigenvalue weighted by molar-refractivity contribution is 5.84. The van der Waals surface area contributed by atoms with E-state index in [9.17, 15) is 9.59 Å². The molecule has 2 rings (SSSR count). The molecular weight excluding hydrogens is 322 g/mol. The molecule has 0 saturated carbocycles. The number of hydrogen-bond acceptors (Lipinski definition) is 6. The highest BCUT2D eigenvalue weighted by Gasteiger charge is 2.34. The maximum Gasteiger partial charge on any atom is 0.239 e. The molecule has 2 amide bonds. The maximum atomic E-state index is 11.5. The summed E-state index contributed by atoms with van der Waals surface area (Å²) in [6.07, 6.45) is 0.461. The van der Waals surface area contributed by atoms with Crippen LogP contribution in [0.15, 0.2) is 28.7 Å². The van der Waals surface area contributed by atoms with E-state index in [1.807, 2.05) is 24.3 Å². The summed E-state index contributed by atoms with van der Waals surface area (Å²) in [4.78, 5) is 23.1. The lowest BCUT2D eigenvalue weighted by atomic mass is 9.93. The maximum absolute atomic E-state index is 11.5. The number of rotatable bonds is 7. The number of amides is 2. The van der Waals surface area contributed by atoms with Crippen molar-refractivity contribution in [1.29, 1.82) is 0 Å². The number of hydrogen-bond donors (Lipinski definition) is 3. The fourth-order valence-corrected chi connectivity index (χ4v) is 2.23. The zero-order chi connectivity index (χ0) is 18.6. The van der Waals surface area contributed by atoms with Crippen molar-refractivity contribution >= 4 is 11.8 Å². The Hall–Kier alpha value is -2.74. The number of aromatic nitrogens is 2. The Morgan fingerprint density at radius 2 is 1.80 bits per heavy atom. The minimum atomic E-state index is -1.09. The predicted octanol–water partition coefficient (Wildman–Crippen LogP) is 0.711. The number of nitrogens with zero attached hydrogens (tertiary/aromatic N) is 2. The van der Waals surface area contributed by atoms with Crippen LogP contribution in [0.4, 0.5) is 0 Å². The second-order valence-electron chi connectivity index (χ2n) is 6.41. The lowest BCUT2D eigenvalue weighted by Crippen LogP contribution is -2.35. The largest absolute Gasteiger partial charge is 0.422 e. The van der Waals surface area contributed by atoms with E-state index >= 15 is 0 Å². The fraction of sp³-hybridized carbons (Fsp3) is 0.412. The van der Waals surface area contributed by atoms with Crippen molar-refractivity contribution in [2.24, 2.45) is 11.5 Å². The van der Waals surface area contributed by atoms with E-state index in [1.165, 1.54) is 6.92 Å². The van der Waals surface area contributed by atoms with Gasteiger partial charge in [0.1, 0.15) is 11.5 Å². The number of benzene rings is 1. The van der Waals surface area contributed by atoms with Gasteiger partial charge in [0.25, 0.3) is 0 Å². The van der Waals surface area contributed by atoms with Gasteiger partial charge in [-0.05, 0) is 25.0 Å². The molecule has 1 aromatic carbocycles. The zero-order valence-electron chi connectivity index (χ0n) is 14.6. The summed E-state index contributed by atoms with van der Waals surface area (Å²) in [5.74, 6) is -0.458. The molecule has 0 unspecified atom stereocenters. The Bertz CT molecular complexity index is 752. The number of carbonyl (C=O) groups excluding carboxylic acids is 2. The van der Waals surface area contributed by atoms with Crippen molar-refractivity contribution in [3.8, 4) is 0 Å². The van der Waals surface area contributed by atoms with Gasteiger partial charge in [-0.15, -0.1) is 10.2 Å². The van der Waals surface area contributed by atoms with Gasteiger partial charge in [0, 0.05) is 19.9 Å². The SMILES string of the molecule is CC(=O)N[C@@H](Cc1ccc(CN)cc1)c1nnc(C(C)(C)C(N)=O)o1. The predicted molar refractivity (Wildman–Crippen MR) is 91.1 cm³/mol. The molecule has 8 heteroatoms. The summed E-state index contributed by atoms with van der Waals surface area (Å²) in [6, 6.07) is 7.21. The van der Waals surface area contributed by atoms with E-state index in [-0.39, 0.29) is 17.7 Å². The average molecular weight is 345 g/mol. The second kappa shape index (κ2) is 7.43. The molecule has 2 aromatic rings. The smallest absolute Gasteiger partial charge is 0.239 e. The normalized spacial score (nSPS) is 12.6. The van der Waals surface area contributed by atoms with Gasteiger partial charge >= 0.3 is 0 Å². The molecule has 0 spiro atoms. The highest BCUT2D eigenvalue weighted by atomic mass is 16.4. The van der Waals surface area contributed by atoms with Gasteiger partial charge in [-0.1, -0.05) is 24.3 Å². The van der Waals surface area contributed by atoms with Crippen molar-refractivity contribution in [3.63, 3.8) is 0 Å². The number of nitrogens with one attached hydrogen (secondary N) is 1. The van der Waals surface area contributed by atoms with Crippen LogP contribution in [-0.2, 0) is 28.0 Å². The van der Waals surface area contributed by atoms with Gasteiger partial charge < -0.3 is 21.2 Å². The molecular formula is C17H23N5O3. The van der Waals surface area contributed by atoms with Crippen LogP contribution in [0.2, 0.25) is 0 Å². The van der Waals surface area contributed by atoms with E-state index in [0.29, 0.717) is 13.0 Å². The first kappa shape index (κ1) is 18.6. The van der Waals surface area contributed by atoms with E-state index in [1.54, 1.807) is 13.8 Å². The van der Waals surface area contributed by atoms with Gasteiger partial charge in [0.2, 0.25) is 23.6 Å². The van der Waals surface area contributed by atoms with Crippen LogP contribution in [0.3, 0.4) is 0 Å². The van der Waals surface area contributed by atoms with Crippen LogP contribution < -0.4 is 16.8 Å². The van der Waals surface area contributed by atoms with Crippen LogP contribution in [0.25, 0.3) is 0 Å². The summed E-state index contributed by atoms with van der Waals surface area (Å²) in [7, 11) is 0. The number of nitrogens with two attached hydrogens (primary N) is 2. The molecule has 0 aliphatic rings. The topological polar surface area (TPSA) is 137 Å². The number of primary amides is 1. The van der Waals surface area contributed by atoms with Gasteiger partial charge in [0.15, 0.2) is 0 Å². The zero-order valence-corrected chi connectivity index (χ0v) is 14.6. The molecule has 0 aliphatic heterocycles. The van der Waals surface area contributed by atoms with Crippen LogP contribution in [0, 0.1) is 0 Å². The average Bonchev–Trinajstić information content (AvgIpc) is 3.05. The van der Waals surface area contributed by atoms with Gasteiger partial charge in [-0.3, -0.25) is 9.59 Å². The minimum absolute atomic E-state index is 0.115. The highest BCUT2D eigenvalue weighted by Crippen LogP contribution is 2.25. The molecule has 8 nitrogen and oxygen atoms in total. The van der Waals surface area contributed by atoms with Gasteiger partial charge in [-0.2, -0.15) is 0 Å². The molecule has 0 fully saturated rings. The van der Waals surface area contributed by atoms with Crippen molar-refractivity contribution in [2.75, 3.05) is 0 Å². The summed E-state index contributed by atoms with van der Waals surface area (Å²) < 4.78 is 5.63. The lowest BCUT2D eigenvalue weighted by Gasteiger charge is -2.16. The molecule has 0 aliphatic carbocycles. The molecule has 25 heavy (non-hydrogen) atoms. The van der Waals surface area contributed by atoms with Crippen LogP contribution >= 0.6 is 0 Å². The monoisotopic (exact) mass is 345 g/mol. The Labute approximate surface area is 146 Å². The molecule has 1 heterocycles. The Morgan fingerprint density at radius 1 is 1.20 bits per heavy atom. The third-order valence-electron chi connectivity index (χ3n) is 3.97. The quantitative estimate of drug-likeness (QED) is 0.676. The molecule has 0 radical (unpaired) electrons. The Balaban J connectivity index is 2.26. The molecule has 134 valence electrons. The molecule has 1 aromatic heterocycles. The van der Waals surface area contributed by atoms with Crippen LogP contribution in [0.5, 0.6) is 0 Å². The van der Waals surface area contributed by atoms with Crippen LogP contribution in [-0.4, -0.2) is 22.0 Å². The lowest BCUT2D eigenvalue weighted by molar-refractivity contribution is -0.123. The van der Waals surface area contributed by atoms with E-state index in [4.69, 9.17) is 15.9 Å². The standard InChI is InChI=1S/C17H23N5O3/c1-10(23)20-13(8-11-4-6-12(9-18)7-5-11)14-21-22-16(25-14)17(2,3)15(19)24/h4-7,13H,8-9,18H2,1-3H3,(H2,19,24)(H,20,23)/t13-/m0/s1. The second-order valence-corrected chi connectivity index (χ2v) is 6.41. The van der Waals surface area contributed by atoms with Crippen molar-refractivity contribution in [1.82, 2.24) is 15.5 Å². The number of carbonyl (C=O) groups is 2. The van der Waals surface area contributed by atoms with E-state index in [0.717, 1.165) is 11.1 Å². The van der Waals surface area contributed by atoms with Crippen molar-refractivity contribution in [2.45, 2.75) is 45.2 Å². The Kier molecular flexibility index (Phi) is 5.53. The van der Waals surface area contributed by atoms with Gasteiger partial charge in [-0.25, -0.2) is 0 Å². The van der Waals surface area contributed by atoms with E-state index < -0.39 is 17.4 Å². The summed E-state index contributed by atoms with van der Waals surface area (Å²) in [6.45, 7) is 5.08. The first-order chi connectivity index (χ1) is 11.7. The summed E-state index contributed by atoms with van der Waals surface area (Å²) in [5.41, 5.74) is 11.9.